The molecule has 0 aliphatic carbocycles. The number of anilines is 1. The summed E-state index contributed by atoms with van der Waals surface area (Å²) in [6.07, 6.45) is 2.99. The molecule has 1 aromatic heterocycles. The number of aromatic nitrogens is 1. The van der Waals surface area contributed by atoms with Crippen LogP contribution in [0.3, 0.4) is 0 Å². The molecule has 1 aliphatic rings. The van der Waals surface area contributed by atoms with E-state index in [-0.39, 0.29) is 0 Å². The summed E-state index contributed by atoms with van der Waals surface area (Å²) < 4.78 is 5.39. The topological polar surface area (TPSA) is 37.4 Å². The van der Waals surface area contributed by atoms with Crippen molar-refractivity contribution >= 4 is 5.82 Å². The number of nitrogens with zero attached hydrogens (tertiary/aromatic N) is 2. The normalized spacial score (nSPS) is 20.3. The van der Waals surface area contributed by atoms with Crippen molar-refractivity contribution in [3.63, 3.8) is 0 Å². The molecule has 0 amide bonds. The fraction of sp³-hybridized carbons (Fsp3) is 0.583. The first kappa shape index (κ1) is 11.4. The number of likely N-dealkylation sites (N-methyl/N-ethyl adjacent to an activating group) is 1. The van der Waals surface area contributed by atoms with Gasteiger partial charge in [-0.25, -0.2) is 4.98 Å². The lowest BCUT2D eigenvalue weighted by molar-refractivity contribution is 0.156. The van der Waals surface area contributed by atoms with Gasteiger partial charge in [-0.2, -0.15) is 0 Å². The van der Waals surface area contributed by atoms with Gasteiger partial charge < -0.3 is 10.1 Å². The zero-order valence-electron chi connectivity index (χ0n) is 9.94. The average molecular weight is 221 g/mol. The van der Waals surface area contributed by atoms with Crippen molar-refractivity contribution in [2.45, 2.75) is 19.0 Å². The lowest BCUT2D eigenvalue weighted by atomic mass is 10.2. The van der Waals surface area contributed by atoms with Crippen LogP contribution in [-0.4, -0.2) is 43.2 Å². The fourth-order valence-electron chi connectivity index (χ4n) is 2.00. The standard InChI is InChI=1S/C12H19N3O/c1-13-12-7-10(3-5-14-12)8-15(2)11-4-6-16-9-11/h3,5,7,11H,4,6,8-9H2,1-2H3,(H,13,14). The van der Waals surface area contributed by atoms with E-state index in [2.05, 4.69) is 34.4 Å². The summed E-state index contributed by atoms with van der Waals surface area (Å²) in [7, 11) is 4.04. The molecule has 1 saturated heterocycles. The number of ether oxygens (including phenoxy) is 1. The first-order valence-electron chi connectivity index (χ1n) is 5.70. The van der Waals surface area contributed by atoms with Gasteiger partial charge in [0.2, 0.25) is 0 Å². The van der Waals surface area contributed by atoms with Crippen LogP contribution in [0.25, 0.3) is 0 Å². The molecule has 0 bridgehead atoms. The Morgan fingerprint density at radius 2 is 2.50 bits per heavy atom. The van der Waals surface area contributed by atoms with Crippen LogP contribution >= 0.6 is 0 Å². The van der Waals surface area contributed by atoms with Gasteiger partial charge in [0, 0.05) is 32.4 Å². The van der Waals surface area contributed by atoms with Crippen LogP contribution in [0.4, 0.5) is 5.82 Å². The molecule has 0 saturated carbocycles. The smallest absolute Gasteiger partial charge is 0.125 e. The highest BCUT2D eigenvalue weighted by atomic mass is 16.5. The van der Waals surface area contributed by atoms with Crippen LogP contribution < -0.4 is 5.32 Å². The van der Waals surface area contributed by atoms with Gasteiger partial charge in [-0.1, -0.05) is 0 Å². The van der Waals surface area contributed by atoms with Crippen LogP contribution in [0.1, 0.15) is 12.0 Å². The highest BCUT2D eigenvalue weighted by molar-refractivity contribution is 5.36. The summed E-state index contributed by atoms with van der Waals surface area (Å²) in [6.45, 7) is 2.71. The predicted octanol–water partition coefficient (Wildman–Crippen LogP) is 1.34. The molecule has 1 aliphatic heterocycles. The molecule has 0 aromatic carbocycles. The van der Waals surface area contributed by atoms with E-state index in [0.29, 0.717) is 6.04 Å². The van der Waals surface area contributed by atoms with E-state index in [1.165, 1.54) is 5.56 Å². The Hall–Kier alpha value is -1.13. The summed E-state index contributed by atoms with van der Waals surface area (Å²) in [5, 5.41) is 3.06. The minimum Gasteiger partial charge on any atom is -0.380 e. The molecular formula is C12H19N3O. The van der Waals surface area contributed by atoms with Crippen LogP contribution in [-0.2, 0) is 11.3 Å². The second-order valence-electron chi connectivity index (χ2n) is 4.23. The molecule has 1 fully saturated rings. The molecule has 88 valence electrons. The van der Waals surface area contributed by atoms with Crippen molar-refractivity contribution in [3.05, 3.63) is 23.9 Å². The fourth-order valence-corrected chi connectivity index (χ4v) is 2.00. The molecule has 1 atom stereocenters. The number of hydrogen-bond donors (Lipinski definition) is 1. The third-order valence-electron chi connectivity index (χ3n) is 3.04. The van der Waals surface area contributed by atoms with Gasteiger partial charge in [-0.3, -0.25) is 4.90 Å². The third-order valence-corrected chi connectivity index (χ3v) is 3.04. The van der Waals surface area contributed by atoms with E-state index in [0.717, 1.165) is 32.0 Å². The molecule has 16 heavy (non-hydrogen) atoms. The molecule has 2 rings (SSSR count). The van der Waals surface area contributed by atoms with E-state index in [4.69, 9.17) is 4.74 Å². The number of pyridine rings is 1. The SMILES string of the molecule is CNc1cc(CN(C)C2CCOC2)ccn1. The molecule has 1 unspecified atom stereocenters. The monoisotopic (exact) mass is 221 g/mol. The van der Waals surface area contributed by atoms with Gasteiger partial charge in [0.15, 0.2) is 0 Å². The zero-order valence-corrected chi connectivity index (χ0v) is 9.94. The number of nitrogens with one attached hydrogen (secondary N) is 1. The second-order valence-corrected chi connectivity index (χ2v) is 4.23. The van der Waals surface area contributed by atoms with Gasteiger partial charge in [-0.05, 0) is 31.2 Å². The largest absolute Gasteiger partial charge is 0.380 e. The van der Waals surface area contributed by atoms with E-state index >= 15 is 0 Å². The van der Waals surface area contributed by atoms with Crippen LogP contribution in [0.5, 0.6) is 0 Å². The third kappa shape index (κ3) is 2.71. The maximum atomic E-state index is 5.39. The van der Waals surface area contributed by atoms with Gasteiger partial charge in [0.1, 0.15) is 5.82 Å². The average Bonchev–Trinajstić information content (AvgIpc) is 2.83. The number of rotatable bonds is 4. The molecule has 4 nitrogen and oxygen atoms in total. The van der Waals surface area contributed by atoms with Gasteiger partial charge in [-0.15, -0.1) is 0 Å². The summed E-state index contributed by atoms with van der Waals surface area (Å²) in [5.74, 6) is 0.925. The van der Waals surface area contributed by atoms with Crippen molar-refractivity contribution in [1.82, 2.24) is 9.88 Å². The Kier molecular flexibility index (Phi) is 3.74. The molecular weight excluding hydrogens is 202 g/mol. The molecule has 4 heteroatoms. The molecule has 1 aromatic rings. The van der Waals surface area contributed by atoms with Gasteiger partial charge >= 0.3 is 0 Å². The van der Waals surface area contributed by atoms with Crippen molar-refractivity contribution < 1.29 is 4.74 Å². The second kappa shape index (κ2) is 5.27. The molecule has 2 heterocycles. The first-order valence-corrected chi connectivity index (χ1v) is 5.70. The Morgan fingerprint density at radius 3 is 3.19 bits per heavy atom. The molecule has 1 N–H and O–H groups in total. The Labute approximate surface area is 96.6 Å². The summed E-state index contributed by atoms with van der Waals surface area (Å²) in [4.78, 5) is 6.56. The molecule has 0 radical (unpaired) electrons. The Balaban J connectivity index is 1.96. The first-order chi connectivity index (χ1) is 7.79. The van der Waals surface area contributed by atoms with E-state index in [1.807, 2.05) is 13.2 Å². The van der Waals surface area contributed by atoms with Crippen molar-refractivity contribution in [2.75, 3.05) is 32.6 Å². The number of hydrogen-bond acceptors (Lipinski definition) is 4. The Bertz CT molecular complexity index is 337. The Morgan fingerprint density at radius 1 is 1.62 bits per heavy atom. The van der Waals surface area contributed by atoms with Crippen LogP contribution in [0, 0.1) is 0 Å². The van der Waals surface area contributed by atoms with Crippen molar-refractivity contribution in [3.8, 4) is 0 Å². The predicted molar refractivity (Wildman–Crippen MR) is 64.5 cm³/mol. The summed E-state index contributed by atoms with van der Waals surface area (Å²) >= 11 is 0. The zero-order chi connectivity index (χ0) is 11.4. The van der Waals surface area contributed by atoms with Crippen molar-refractivity contribution in [1.29, 1.82) is 0 Å². The quantitative estimate of drug-likeness (QED) is 0.832. The lowest BCUT2D eigenvalue weighted by Gasteiger charge is -2.22. The maximum absolute atomic E-state index is 5.39. The molecule has 0 spiro atoms. The van der Waals surface area contributed by atoms with Gasteiger partial charge in [0.05, 0.1) is 6.61 Å². The highest BCUT2D eigenvalue weighted by Crippen LogP contribution is 2.15. The minimum absolute atomic E-state index is 0.561. The lowest BCUT2D eigenvalue weighted by Crippen LogP contribution is -2.31. The summed E-state index contributed by atoms with van der Waals surface area (Å²) in [5.41, 5.74) is 1.29. The van der Waals surface area contributed by atoms with E-state index in [9.17, 15) is 0 Å². The van der Waals surface area contributed by atoms with Crippen molar-refractivity contribution in [2.24, 2.45) is 0 Å². The van der Waals surface area contributed by atoms with E-state index < -0.39 is 0 Å². The van der Waals surface area contributed by atoms with Crippen LogP contribution in [0.15, 0.2) is 18.3 Å². The minimum atomic E-state index is 0.561. The maximum Gasteiger partial charge on any atom is 0.125 e. The van der Waals surface area contributed by atoms with Gasteiger partial charge in [0.25, 0.3) is 0 Å². The van der Waals surface area contributed by atoms with Crippen LogP contribution in [0.2, 0.25) is 0 Å². The summed E-state index contributed by atoms with van der Waals surface area (Å²) in [6, 6.07) is 4.71. The highest BCUT2D eigenvalue weighted by Gasteiger charge is 2.20. The van der Waals surface area contributed by atoms with E-state index in [1.54, 1.807) is 0 Å².